The van der Waals surface area contributed by atoms with Gasteiger partial charge in [0, 0.05) is 47.7 Å². The lowest BCUT2D eigenvalue weighted by Gasteiger charge is -2.43. The van der Waals surface area contributed by atoms with E-state index in [1.165, 1.54) is 17.0 Å². The number of carbonyl (C=O) groups excluding carboxylic acids is 2. The zero-order valence-corrected chi connectivity index (χ0v) is 20.0. The van der Waals surface area contributed by atoms with Crippen LogP contribution < -0.4 is 14.4 Å². The highest BCUT2D eigenvalue weighted by Gasteiger charge is 2.45. The number of Topliss-reactive ketones (excluding diaryl/α,β-unsaturated/α-hetero) is 1. The highest BCUT2D eigenvalue weighted by atomic mass is 16.6. The molecular formula is C26H28N2O6. The van der Waals surface area contributed by atoms with Crippen molar-refractivity contribution in [3.8, 4) is 11.5 Å². The highest BCUT2D eigenvalue weighted by Crippen LogP contribution is 2.50. The molecule has 0 saturated heterocycles. The van der Waals surface area contributed by atoms with Gasteiger partial charge in [0.05, 0.1) is 24.8 Å². The number of nitro benzene ring substituents is 1. The fourth-order valence-electron chi connectivity index (χ4n) is 5.02. The van der Waals surface area contributed by atoms with Crippen molar-refractivity contribution in [1.82, 2.24) is 0 Å². The van der Waals surface area contributed by atoms with E-state index in [1.807, 2.05) is 19.9 Å². The van der Waals surface area contributed by atoms with Gasteiger partial charge in [-0.05, 0) is 42.5 Å². The monoisotopic (exact) mass is 464 g/mol. The first-order valence-electron chi connectivity index (χ1n) is 11.1. The largest absolute Gasteiger partial charge is 0.497 e. The Morgan fingerprint density at radius 1 is 1.06 bits per heavy atom. The zero-order chi connectivity index (χ0) is 24.8. The van der Waals surface area contributed by atoms with Crippen molar-refractivity contribution in [2.24, 2.45) is 5.41 Å². The second-order valence-corrected chi connectivity index (χ2v) is 9.62. The van der Waals surface area contributed by atoms with Gasteiger partial charge >= 0.3 is 0 Å². The molecule has 1 aliphatic heterocycles. The van der Waals surface area contributed by atoms with Gasteiger partial charge in [0.15, 0.2) is 5.78 Å². The van der Waals surface area contributed by atoms with Crippen molar-refractivity contribution in [3.05, 3.63) is 68.9 Å². The third-order valence-corrected chi connectivity index (χ3v) is 6.60. The maximum atomic E-state index is 13.7. The molecule has 178 valence electrons. The van der Waals surface area contributed by atoms with E-state index in [2.05, 4.69) is 0 Å². The predicted molar refractivity (Wildman–Crippen MR) is 127 cm³/mol. The highest BCUT2D eigenvalue weighted by molar-refractivity contribution is 6.08. The first kappa shape index (κ1) is 23.5. The van der Waals surface area contributed by atoms with Crippen molar-refractivity contribution >= 4 is 23.1 Å². The number of nitrogens with zero attached hydrogens (tertiary/aromatic N) is 2. The molecule has 2 aromatic rings. The number of methoxy groups -OCH3 is 2. The summed E-state index contributed by atoms with van der Waals surface area (Å²) in [5, 5.41) is 11.4. The average molecular weight is 465 g/mol. The van der Waals surface area contributed by atoms with Gasteiger partial charge in [0.2, 0.25) is 5.91 Å². The Kier molecular flexibility index (Phi) is 5.93. The number of carbonyl (C=O) groups is 2. The lowest BCUT2D eigenvalue weighted by Crippen LogP contribution is -2.44. The third kappa shape index (κ3) is 4.04. The Bertz CT molecular complexity index is 1230. The second-order valence-electron chi connectivity index (χ2n) is 9.62. The van der Waals surface area contributed by atoms with Crippen LogP contribution in [0.15, 0.2) is 47.7 Å². The van der Waals surface area contributed by atoms with E-state index in [1.54, 1.807) is 39.3 Å². The number of aryl methyl sites for hydroxylation is 1. The molecule has 8 heteroatoms. The van der Waals surface area contributed by atoms with E-state index in [0.717, 1.165) is 5.56 Å². The Hall–Kier alpha value is -3.68. The van der Waals surface area contributed by atoms with Crippen LogP contribution in [-0.2, 0) is 9.59 Å². The van der Waals surface area contributed by atoms with E-state index in [4.69, 9.17) is 9.47 Å². The molecule has 0 N–H and O–H groups in total. The van der Waals surface area contributed by atoms with Crippen LogP contribution in [0, 0.1) is 22.5 Å². The number of rotatable bonds is 5. The van der Waals surface area contributed by atoms with Crippen LogP contribution in [0.1, 0.15) is 50.2 Å². The second kappa shape index (κ2) is 8.59. The molecule has 0 fully saturated rings. The Morgan fingerprint density at radius 2 is 1.79 bits per heavy atom. The topological polar surface area (TPSA) is 99.0 Å². The molecule has 1 amide bonds. The fraction of sp³-hybridized carbons (Fsp3) is 0.385. The molecule has 0 spiro atoms. The maximum absolute atomic E-state index is 13.7. The Morgan fingerprint density at radius 3 is 2.44 bits per heavy atom. The standard InChI is InChI=1S/C26H28N2O6/c1-15-6-7-16(28(31)32)10-20(15)27-21-13-26(2,3)14-22(29)25(21)19(12-24(27)30)18-11-17(33-4)8-9-23(18)34-5/h6-11,19H,12-14H2,1-5H3. The van der Waals surface area contributed by atoms with E-state index in [-0.39, 0.29) is 29.2 Å². The summed E-state index contributed by atoms with van der Waals surface area (Å²) >= 11 is 0. The van der Waals surface area contributed by atoms with Crippen molar-refractivity contribution in [2.45, 2.75) is 46.0 Å². The minimum absolute atomic E-state index is 0.0262. The molecule has 1 atom stereocenters. The molecule has 2 aromatic carbocycles. The molecule has 2 aliphatic rings. The van der Waals surface area contributed by atoms with Crippen LogP contribution in [-0.4, -0.2) is 30.8 Å². The molecule has 4 rings (SSSR count). The van der Waals surface area contributed by atoms with E-state index in [9.17, 15) is 19.7 Å². The molecule has 34 heavy (non-hydrogen) atoms. The smallest absolute Gasteiger partial charge is 0.271 e. The summed E-state index contributed by atoms with van der Waals surface area (Å²) in [6, 6.07) is 9.81. The first-order valence-corrected chi connectivity index (χ1v) is 11.1. The molecule has 1 aliphatic carbocycles. The number of allylic oxidation sites excluding steroid dienone is 2. The van der Waals surface area contributed by atoms with Crippen LogP contribution in [0.4, 0.5) is 11.4 Å². The summed E-state index contributed by atoms with van der Waals surface area (Å²) < 4.78 is 11.0. The third-order valence-electron chi connectivity index (χ3n) is 6.60. The average Bonchev–Trinajstić information content (AvgIpc) is 2.77. The molecule has 1 heterocycles. The lowest BCUT2D eigenvalue weighted by atomic mass is 9.69. The van der Waals surface area contributed by atoms with Gasteiger partial charge in [-0.15, -0.1) is 0 Å². The molecular weight excluding hydrogens is 436 g/mol. The van der Waals surface area contributed by atoms with E-state index in [0.29, 0.717) is 46.9 Å². The van der Waals surface area contributed by atoms with Crippen molar-refractivity contribution < 1.29 is 24.0 Å². The number of ketones is 1. The lowest BCUT2D eigenvalue weighted by molar-refractivity contribution is -0.384. The van der Waals surface area contributed by atoms with Crippen molar-refractivity contribution in [3.63, 3.8) is 0 Å². The summed E-state index contributed by atoms with van der Waals surface area (Å²) in [6.07, 6.45) is 0.881. The summed E-state index contributed by atoms with van der Waals surface area (Å²) in [7, 11) is 3.11. The van der Waals surface area contributed by atoms with Gasteiger partial charge in [-0.2, -0.15) is 0 Å². The fourth-order valence-corrected chi connectivity index (χ4v) is 5.02. The van der Waals surface area contributed by atoms with Gasteiger partial charge in [0.25, 0.3) is 5.69 Å². The quantitative estimate of drug-likeness (QED) is 0.452. The van der Waals surface area contributed by atoms with Crippen molar-refractivity contribution in [2.75, 3.05) is 19.1 Å². The number of nitro groups is 1. The zero-order valence-electron chi connectivity index (χ0n) is 20.0. The number of hydrogen-bond donors (Lipinski definition) is 0. The molecule has 0 saturated carbocycles. The molecule has 8 nitrogen and oxygen atoms in total. The Balaban J connectivity index is 1.96. The number of hydrogen-bond acceptors (Lipinski definition) is 6. The summed E-state index contributed by atoms with van der Waals surface area (Å²) in [4.78, 5) is 39.7. The number of non-ortho nitro benzene ring substituents is 1. The van der Waals surface area contributed by atoms with Gasteiger partial charge in [-0.1, -0.05) is 19.9 Å². The number of ether oxygens (including phenoxy) is 2. The normalized spacial score (nSPS) is 19.7. The van der Waals surface area contributed by atoms with Crippen LogP contribution in [0.25, 0.3) is 0 Å². The van der Waals surface area contributed by atoms with Gasteiger partial charge in [0.1, 0.15) is 11.5 Å². The van der Waals surface area contributed by atoms with E-state index >= 15 is 0 Å². The van der Waals surface area contributed by atoms with Crippen LogP contribution in [0.3, 0.4) is 0 Å². The maximum Gasteiger partial charge on any atom is 0.271 e. The minimum atomic E-state index is -0.494. The number of amides is 1. The van der Waals surface area contributed by atoms with Gasteiger partial charge in [-0.3, -0.25) is 24.6 Å². The predicted octanol–water partition coefficient (Wildman–Crippen LogP) is 5.08. The summed E-state index contributed by atoms with van der Waals surface area (Å²) in [6.45, 7) is 5.79. The first-order chi connectivity index (χ1) is 16.1. The SMILES string of the molecule is COc1ccc(OC)c(C2CC(=O)N(c3cc([N+](=O)[O-])ccc3C)C3=C2C(=O)CC(C)(C)C3)c1. The number of benzene rings is 2. The summed E-state index contributed by atoms with van der Waals surface area (Å²) in [5.74, 6) is 0.435. The Labute approximate surface area is 198 Å². The van der Waals surface area contributed by atoms with Crippen LogP contribution in [0.5, 0.6) is 11.5 Å². The minimum Gasteiger partial charge on any atom is -0.497 e. The van der Waals surface area contributed by atoms with Crippen LogP contribution in [0.2, 0.25) is 0 Å². The van der Waals surface area contributed by atoms with Crippen molar-refractivity contribution in [1.29, 1.82) is 0 Å². The molecule has 0 radical (unpaired) electrons. The molecule has 1 unspecified atom stereocenters. The molecule has 0 aromatic heterocycles. The molecule has 0 bridgehead atoms. The van der Waals surface area contributed by atoms with Gasteiger partial charge in [-0.25, -0.2) is 0 Å². The number of anilines is 1. The van der Waals surface area contributed by atoms with Gasteiger partial charge < -0.3 is 9.47 Å². The summed E-state index contributed by atoms with van der Waals surface area (Å²) in [5.41, 5.74) is 2.59. The van der Waals surface area contributed by atoms with Crippen LogP contribution >= 0.6 is 0 Å². The van der Waals surface area contributed by atoms with E-state index < -0.39 is 10.8 Å².